The molecule has 4 aromatic rings. The quantitative estimate of drug-likeness (QED) is 0.504. The lowest BCUT2D eigenvalue weighted by Crippen LogP contribution is -2.38. The molecule has 1 aliphatic carbocycles. The van der Waals surface area contributed by atoms with E-state index in [1.54, 1.807) is 0 Å². The van der Waals surface area contributed by atoms with Crippen LogP contribution in [0, 0.1) is 0 Å². The number of amides is 1. The van der Waals surface area contributed by atoms with Gasteiger partial charge < -0.3 is 15.3 Å². The average Bonchev–Trinajstić information content (AvgIpc) is 3.34. The topological polar surface area (TPSA) is 73.6 Å². The molecular weight excluding hydrogens is 336 g/mol. The first-order chi connectivity index (χ1) is 13.3. The molecule has 2 heterocycles. The number of imidazole rings is 1. The smallest absolute Gasteiger partial charge is 0.251 e. The minimum atomic E-state index is 0.00163. The van der Waals surface area contributed by atoms with Crippen molar-refractivity contribution in [2.75, 3.05) is 0 Å². The number of rotatable bonds is 3. The van der Waals surface area contributed by atoms with Crippen molar-refractivity contribution in [1.82, 2.24) is 20.3 Å². The molecule has 1 saturated carbocycles. The van der Waals surface area contributed by atoms with Gasteiger partial charge in [0, 0.05) is 29.2 Å². The second-order valence-corrected chi connectivity index (χ2v) is 7.45. The average molecular weight is 358 g/mol. The predicted octanol–water partition coefficient (Wildman–Crippen LogP) is 4.50. The zero-order valence-corrected chi connectivity index (χ0v) is 15.0. The fraction of sp³-hybridized carbons (Fsp3) is 0.273. The van der Waals surface area contributed by atoms with Crippen molar-refractivity contribution in [3.63, 3.8) is 0 Å². The third-order valence-corrected chi connectivity index (χ3v) is 5.62. The standard InChI is InChI=1S/C22H22N4O/c27-22(16-9-8-14-10-11-23-20(14)13-16)24-17-5-3-4-15(12-17)21-25-18-6-1-2-7-19(18)26-21/h1-2,6-11,13,15,17,23H,3-5,12H2,(H,24,27)(H,25,26)/t15-,17+/m0/s1. The monoisotopic (exact) mass is 358 g/mol. The van der Waals surface area contributed by atoms with Gasteiger partial charge in [0.15, 0.2) is 0 Å². The van der Waals surface area contributed by atoms with Gasteiger partial charge >= 0.3 is 0 Å². The van der Waals surface area contributed by atoms with Gasteiger partial charge in [0.2, 0.25) is 0 Å². The van der Waals surface area contributed by atoms with Gasteiger partial charge in [-0.1, -0.05) is 24.6 Å². The zero-order valence-electron chi connectivity index (χ0n) is 15.0. The highest BCUT2D eigenvalue weighted by Gasteiger charge is 2.26. The molecule has 136 valence electrons. The van der Waals surface area contributed by atoms with Gasteiger partial charge in [0.25, 0.3) is 5.91 Å². The van der Waals surface area contributed by atoms with E-state index in [-0.39, 0.29) is 11.9 Å². The van der Waals surface area contributed by atoms with Crippen molar-refractivity contribution >= 4 is 27.8 Å². The maximum atomic E-state index is 12.7. The van der Waals surface area contributed by atoms with Gasteiger partial charge in [0.05, 0.1) is 11.0 Å². The molecule has 1 fully saturated rings. The maximum Gasteiger partial charge on any atom is 0.251 e. The number of hydrogen-bond donors (Lipinski definition) is 3. The predicted molar refractivity (Wildman–Crippen MR) is 107 cm³/mol. The van der Waals surface area contributed by atoms with Crippen LogP contribution in [0.1, 0.15) is 47.8 Å². The second-order valence-electron chi connectivity index (χ2n) is 7.45. The summed E-state index contributed by atoms with van der Waals surface area (Å²) < 4.78 is 0. The lowest BCUT2D eigenvalue weighted by atomic mass is 9.85. The van der Waals surface area contributed by atoms with E-state index >= 15 is 0 Å². The minimum Gasteiger partial charge on any atom is -0.361 e. The van der Waals surface area contributed by atoms with Gasteiger partial charge in [-0.3, -0.25) is 4.79 Å². The first kappa shape index (κ1) is 16.1. The normalized spacial score (nSPS) is 20.1. The molecule has 0 radical (unpaired) electrons. The van der Waals surface area contributed by atoms with E-state index in [9.17, 15) is 4.79 Å². The van der Waals surface area contributed by atoms with Crippen LogP contribution in [0.25, 0.3) is 21.9 Å². The molecule has 3 N–H and O–H groups in total. The number of aromatic amines is 2. The van der Waals surface area contributed by atoms with E-state index in [2.05, 4.69) is 21.4 Å². The molecule has 2 aromatic carbocycles. The highest BCUT2D eigenvalue weighted by Crippen LogP contribution is 2.32. The highest BCUT2D eigenvalue weighted by molar-refractivity contribution is 5.98. The number of hydrogen-bond acceptors (Lipinski definition) is 2. The Labute approximate surface area is 157 Å². The van der Waals surface area contributed by atoms with Crippen LogP contribution < -0.4 is 5.32 Å². The summed E-state index contributed by atoms with van der Waals surface area (Å²) in [7, 11) is 0. The third kappa shape index (κ3) is 3.10. The van der Waals surface area contributed by atoms with E-state index < -0.39 is 0 Å². The van der Waals surface area contributed by atoms with Crippen molar-refractivity contribution in [2.45, 2.75) is 37.6 Å². The minimum absolute atomic E-state index is 0.00163. The first-order valence-corrected chi connectivity index (χ1v) is 9.59. The number of benzene rings is 2. The molecule has 2 aromatic heterocycles. The molecule has 1 aliphatic rings. The molecule has 5 nitrogen and oxygen atoms in total. The van der Waals surface area contributed by atoms with E-state index in [0.717, 1.165) is 53.4 Å². The van der Waals surface area contributed by atoms with Gasteiger partial charge in [-0.25, -0.2) is 4.98 Å². The van der Waals surface area contributed by atoms with Crippen molar-refractivity contribution < 1.29 is 4.79 Å². The number of para-hydroxylation sites is 2. The van der Waals surface area contributed by atoms with Crippen LogP contribution in [0.2, 0.25) is 0 Å². The van der Waals surface area contributed by atoms with Crippen LogP contribution in [-0.4, -0.2) is 26.9 Å². The Morgan fingerprint density at radius 3 is 2.93 bits per heavy atom. The number of nitrogens with zero attached hydrogens (tertiary/aromatic N) is 1. The van der Waals surface area contributed by atoms with Crippen molar-refractivity contribution in [3.05, 3.63) is 66.1 Å². The third-order valence-electron chi connectivity index (χ3n) is 5.62. The van der Waals surface area contributed by atoms with Gasteiger partial charge in [0.1, 0.15) is 5.82 Å². The van der Waals surface area contributed by atoms with Crippen molar-refractivity contribution in [1.29, 1.82) is 0 Å². The fourth-order valence-corrected chi connectivity index (χ4v) is 4.19. The lowest BCUT2D eigenvalue weighted by Gasteiger charge is -2.28. The summed E-state index contributed by atoms with van der Waals surface area (Å²) in [6, 6.07) is 16.1. The molecule has 2 atom stereocenters. The molecule has 0 unspecified atom stereocenters. The molecular formula is C22H22N4O. The van der Waals surface area contributed by atoms with Crippen LogP contribution in [0.4, 0.5) is 0 Å². The number of carbonyl (C=O) groups is 1. The molecule has 27 heavy (non-hydrogen) atoms. The summed E-state index contributed by atoms with van der Waals surface area (Å²) in [5, 5.41) is 4.35. The maximum absolute atomic E-state index is 12.7. The molecule has 5 heteroatoms. The molecule has 0 bridgehead atoms. The van der Waals surface area contributed by atoms with Crippen molar-refractivity contribution in [2.24, 2.45) is 0 Å². The SMILES string of the molecule is O=C(N[C@@H]1CCC[C@H](c2nc3ccccc3[nH]2)C1)c1ccc2cc[nH]c2c1. The Balaban J connectivity index is 1.31. The molecule has 0 spiro atoms. The van der Waals surface area contributed by atoms with E-state index in [1.165, 1.54) is 0 Å². The second kappa shape index (κ2) is 6.58. The Kier molecular flexibility index (Phi) is 3.93. The number of aromatic nitrogens is 3. The Bertz CT molecular complexity index is 1080. The van der Waals surface area contributed by atoms with E-state index in [1.807, 2.05) is 48.7 Å². The Hall–Kier alpha value is -3.08. The van der Waals surface area contributed by atoms with Crippen LogP contribution in [0.15, 0.2) is 54.7 Å². The summed E-state index contributed by atoms with van der Waals surface area (Å²) in [4.78, 5) is 24.1. The number of carbonyl (C=O) groups excluding carboxylic acids is 1. The van der Waals surface area contributed by atoms with E-state index in [0.29, 0.717) is 11.5 Å². The van der Waals surface area contributed by atoms with Gasteiger partial charge in [-0.05, 0) is 55.0 Å². The summed E-state index contributed by atoms with van der Waals surface area (Å²) in [6.45, 7) is 0. The Morgan fingerprint density at radius 2 is 2.00 bits per heavy atom. The zero-order chi connectivity index (χ0) is 18.2. The fourth-order valence-electron chi connectivity index (χ4n) is 4.19. The Morgan fingerprint density at radius 1 is 1.07 bits per heavy atom. The van der Waals surface area contributed by atoms with Gasteiger partial charge in [-0.15, -0.1) is 0 Å². The van der Waals surface area contributed by atoms with E-state index in [4.69, 9.17) is 4.98 Å². The van der Waals surface area contributed by atoms with Crippen LogP contribution in [0.3, 0.4) is 0 Å². The lowest BCUT2D eigenvalue weighted by molar-refractivity contribution is 0.0925. The number of fused-ring (bicyclic) bond motifs is 2. The number of H-pyrrole nitrogens is 2. The molecule has 0 saturated heterocycles. The molecule has 0 aliphatic heterocycles. The summed E-state index contributed by atoms with van der Waals surface area (Å²) >= 11 is 0. The summed E-state index contributed by atoms with van der Waals surface area (Å²) in [6.07, 6.45) is 6.05. The van der Waals surface area contributed by atoms with Crippen LogP contribution in [0.5, 0.6) is 0 Å². The largest absolute Gasteiger partial charge is 0.361 e. The van der Waals surface area contributed by atoms with Crippen LogP contribution >= 0.6 is 0 Å². The van der Waals surface area contributed by atoms with Crippen LogP contribution in [-0.2, 0) is 0 Å². The number of nitrogens with one attached hydrogen (secondary N) is 3. The summed E-state index contributed by atoms with van der Waals surface area (Å²) in [5.41, 5.74) is 3.79. The first-order valence-electron chi connectivity index (χ1n) is 9.59. The summed E-state index contributed by atoms with van der Waals surface area (Å²) in [5.74, 6) is 1.41. The van der Waals surface area contributed by atoms with Crippen molar-refractivity contribution in [3.8, 4) is 0 Å². The highest BCUT2D eigenvalue weighted by atomic mass is 16.1. The molecule has 5 rings (SSSR count). The van der Waals surface area contributed by atoms with Gasteiger partial charge in [-0.2, -0.15) is 0 Å². The molecule has 1 amide bonds.